The lowest BCUT2D eigenvalue weighted by Gasteiger charge is -2.02. The number of nitrogens with one attached hydrogen (secondary N) is 1. The minimum Gasteiger partial charge on any atom is -0.323 e. The first-order chi connectivity index (χ1) is 8.24. The van der Waals surface area contributed by atoms with Gasteiger partial charge >= 0.3 is 0 Å². The second-order valence-corrected chi connectivity index (χ2v) is 3.81. The summed E-state index contributed by atoms with van der Waals surface area (Å²) in [4.78, 5) is 15.6. The van der Waals surface area contributed by atoms with Crippen molar-refractivity contribution in [1.82, 2.24) is 14.8 Å². The van der Waals surface area contributed by atoms with Crippen molar-refractivity contribution in [3.63, 3.8) is 0 Å². The molecule has 2 rings (SSSR count). The van der Waals surface area contributed by atoms with Gasteiger partial charge in [-0.1, -0.05) is 6.07 Å². The molecule has 0 radical (unpaired) electrons. The van der Waals surface area contributed by atoms with Crippen molar-refractivity contribution in [1.29, 1.82) is 0 Å². The zero-order valence-corrected chi connectivity index (χ0v) is 9.63. The summed E-state index contributed by atoms with van der Waals surface area (Å²) in [6.45, 7) is 0. The van der Waals surface area contributed by atoms with Crippen molar-refractivity contribution in [2.24, 2.45) is 7.05 Å². The zero-order chi connectivity index (χ0) is 12.1. The van der Waals surface area contributed by atoms with Gasteiger partial charge in [0, 0.05) is 32.1 Å². The summed E-state index contributed by atoms with van der Waals surface area (Å²) in [6, 6.07) is 3.83. The highest BCUT2D eigenvalue weighted by molar-refractivity contribution is 5.90. The molecule has 88 valence electrons. The summed E-state index contributed by atoms with van der Waals surface area (Å²) in [5, 5.41) is 6.77. The molecule has 0 atom stereocenters. The number of anilines is 1. The Kier molecular flexibility index (Phi) is 3.49. The molecule has 0 unspecified atom stereocenters. The smallest absolute Gasteiger partial charge is 0.224 e. The van der Waals surface area contributed by atoms with Crippen molar-refractivity contribution >= 4 is 11.6 Å². The Bertz CT molecular complexity index is 492. The van der Waals surface area contributed by atoms with E-state index in [0.717, 1.165) is 11.3 Å². The number of aryl methyl sites for hydroxylation is 2. The van der Waals surface area contributed by atoms with Crippen LogP contribution in [0.3, 0.4) is 0 Å². The van der Waals surface area contributed by atoms with Crippen molar-refractivity contribution in [2.45, 2.75) is 12.8 Å². The van der Waals surface area contributed by atoms with Crippen LogP contribution >= 0.6 is 0 Å². The van der Waals surface area contributed by atoms with Crippen molar-refractivity contribution in [2.75, 3.05) is 5.32 Å². The number of hydrogen-bond acceptors (Lipinski definition) is 3. The molecule has 5 heteroatoms. The highest BCUT2D eigenvalue weighted by atomic mass is 16.1. The van der Waals surface area contributed by atoms with Gasteiger partial charge in [-0.25, -0.2) is 0 Å². The Morgan fingerprint density at radius 2 is 2.35 bits per heavy atom. The number of hydrogen-bond donors (Lipinski definition) is 1. The topological polar surface area (TPSA) is 59.8 Å². The molecule has 2 heterocycles. The normalized spacial score (nSPS) is 10.2. The molecule has 17 heavy (non-hydrogen) atoms. The summed E-state index contributed by atoms with van der Waals surface area (Å²) < 4.78 is 1.65. The first-order valence-electron chi connectivity index (χ1n) is 5.41. The predicted molar refractivity (Wildman–Crippen MR) is 64.4 cm³/mol. The van der Waals surface area contributed by atoms with Crippen LogP contribution in [-0.2, 0) is 18.3 Å². The van der Waals surface area contributed by atoms with Crippen molar-refractivity contribution in [3.8, 4) is 0 Å². The average molecular weight is 230 g/mol. The van der Waals surface area contributed by atoms with Crippen LogP contribution < -0.4 is 5.32 Å². The van der Waals surface area contributed by atoms with E-state index >= 15 is 0 Å². The molecule has 1 N–H and O–H groups in total. The Hall–Kier alpha value is -2.17. The Balaban J connectivity index is 1.82. The maximum absolute atomic E-state index is 11.6. The number of rotatable bonds is 4. The zero-order valence-electron chi connectivity index (χ0n) is 9.63. The lowest BCUT2D eigenvalue weighted by molar-refractivity contribution is -0.116. The van der Waals surface area contributed by atoms with Gasteiger partial charge in [0.1, 0.15) is 0 Å². The first kappa shape index (κ1) is 11.3. The van der Waals surface area contributed by atoms with E-state index in [9.17, 15) is 4.79 Å². The van der Waals surface area contributed by atoms with Crippen LogP contribution in [0, 0.1) is 0 Å². The van der Waals surface area contributed by atoms with Crippen LogP contribution in [-0.4, -0.2) is 20.7 Å². The minimum atomic E-state index is -0.0122. The van der Waals surface area contributed by atoms with E-state index < -0.39 is 0 Å². The van der Waals surface area contributed by atoms with Crippen LogP contribution in [0.1, 0.15) is 12.0 Å². The molecule has 0 aromatic carbocycles. The molecule has 0 spiro atoms. The van der Waals surface area contributed by atoms with Crippen molar-refractivity contribution in [3.05, 3.63) is 42.5 Å². The third-order valence-electron chi connectivity index (χ3n) is 2.35. The third-order valence-corrected chi connectivity index (χ3v) is 2.35. The number of carbonyl (C=O) groups excluding carboxylic acids is 1. The summed E-state index contributed by atoms with van der Waals surface area (Å²) >= 11 is 0. The van der Waals surface area contributed by atoms with E-state index in [-0.39, 0.29) is 5.91 Å². The molecule has 0 aliphatic carbocycles. The van der Waals surface area contributed by atoms with Crippen molar-refractivity contribution < 1.29 is 4.79 Å². The van der Waals surface area contributed by atoms with Crippen LogP contribution in [0.2, 0.25) is 0 Å². The van der Waals surface area contributed by atoms with Gasteiger partial charge < -0.3 is 5.32 Å². The predicted octanol–water partition coefficient (Wildman–Crippen LogP) is 1.39. The highest BCUT2D eigenvalue weighted by Gasteiger charge is 2.04. The Morgan fingerprint density at radius 3 is 3.00 bits per heavy atom. The quantitative estimate of drug-likeness (QED) is 0.863. The second kappa shape index (κ2) is 5.25. The average Bonchev–Trinajstić information content (AvgIpc) is 2.73. The fourth-order valence-corrected chi connectivity index (χ4v) is 1.51. The van der Waals surface area contributed by atoms with E-state index in [0.29, 0.717) is 12.8 Å². The Labute approximate surface area is 99.5 Å². The van der Waals surface area contributed by atoms with E-state index in [4.69, 9.17) is 0 Å². The molecule has 0 aliphatic heterocycles. The molecule has 0 bridgehead atoms. The number of amides is 1. The van der Waals surface area contributed by atoms with E-state index in [1.165, 1.54) is 0 Å². The minimum absolute atomic E-state index is 0.0122. The third kappa shape index (κ3) is 3.41. The van der Waals surface area contributed by atoms with Gasteiger partial charge in [0.15, 0.2) is 0 Å². The molecule has 0 saturated carbocycles. The molecule has 0 aliphatic rings. The molecule has 0 fully saturated rings. The maximum Gasteiger partial charge on any atom is 0.224 e. The first-order valence-corrected chi connectivity index (χ1v) is 5.41. The summed E-state index contributed by atoms with van der Waals surface area (Å²) in [6.07, 6.45) is 8.03. The monoisotopic (exact) mass is 230 g/mol. The van der Waals surface area contributed by atoms with Gasteiger partial charge in [-0.15, -0.1) is 0 Å². The van der Waals surface area contributed by atoms with E-state index in [1.807, 2.05) is 19.2 Å². The van der Waals surface area contributed by atoms with E-state index in [2.05, 4.69) is 15.4 Å². The van der Waals surface area contributed by atoms with Gasteiger partial charge in [0.2, 0.25) is 5.91 Å². The second-order valence-electron chi connectivity index (χ2n) is 3.81. The van der Waals surface area contributed by atoms with E-state index in [1.54, 1.807) is 29.5 Å². The van der Waals surface area contributed by atoms with Crippen LogP contribution in [0.5, 0.6) is 0 Å². The summed E-state index contributed by atoms with van der Waals surface area (Å²) in [5.41, 5.74) is 1.79. The molecular formula is C12H14N4O. The summed E-state index contributed by atoms with van der Waals surface area (Å²) in [5.74, 6) is -0.0122. The lowest BCUT2D eigenvalue weighted by Crippen LogP contribution is -2.11. The van der Waals surface area contributed by atoms with Gasteiger partial charge in [-0.3, -0.25) is 14.5 Å². The molecule has 0 saturated heterocycles. The molecular weight excluding hydrogens is 216 g/mol. The highest BCUT2D eigenvalue weighted by Crippen LogP contribution is 2.06. The lowest BCUT2D eigenvalue weighted by atomic mass is 10.1. The van der Waals surface area contributed by atoms with Crippen LogP contribution in [0.25, 0.3) is 0 Å². The number of nitrogens with zero attached hydrogens (tertiary/aromatic N) is 3. The SMILES string of the molecule is Cn1cc(NC(=O)CCc2cccnc2)cn1. The molecule has 2 aromatic rings. The fraction of sp³-hybridized carbons (Fsp3) is 0.250. The Morgan fingerprint density at radius 1 is 1.47 bits per heavy atom. The van der Waals surface area contributed by atoms with Gasteiger partial charge in [0.05, 0.1) is 11.9 Å². The molecule has 5 nitrogen and oxygen atoms in total. The molecule has 1 amide bonds. The van der Waals surface area contributed by atoms with Crippen LogP contribution in [0.15, 0.2) is 36.9 Å². The fourth-order valence-electron chi connectivity index (χ4n) is 1.51. The largest absolute Gasteiger partial charge is 0.323 e. The van der Waals surface area contributed by atoms with Gasteiger partial charge in [0.25, 0.3) is 0 Å². The molecule has 2 aromatic heterocycles. The van der Waals surface area contributed by atoms with Gasteiger partial charge in [-0.05, 0) is 18.1 Å². The number of pyridine rings is 1. The number of aromatic nitrogens is 3. The van der Waals surface area contributed by atoms with Gasteiger partial charge in [-0.2, -0.15) is 5.10 Å². The number of carbonyl (C=O) groups is 1. The summed E-state index contributed by atoms with van der Waals surface area (Å²) in [7, 11) is 1.81. The maximum atomic E-state index is 11.6. The standard InChI is InChI=1S/C12H14N4O/c1-16-9-11(8-14-16)15-12(17)5-4-10-3-2-6-13-7-10/h2-3,6-9H,4-5H2,1H3,(H,15,17). The van der Waals surface area contributed by atoms with Crippen LogP contribution in [0.4, 0.5) is 5.69 Å².